The van der Waals surface area contributed by atoms with Gasteiger partial charge in [-0.1, -0.05) is 6.92 Å². The molecular formula is C10H23ClN2O2S. The van der Waals surface area contributed by atoms with E-state index in [1.54, 1.807) is 18.9 Å². The minimum absolute atomic E-state index is 0. The maximum atomic E-state index is 11.2. The maximum Gasteiger partial charge on any atom is 0.230 e. The van der Waals surface area contributed by atoms with E-state index >= 15 is 0 Å². The van der Waals surface area contributed by atoms with Gasteiger partial charge in [0.25, 0.3) is 0 Å². The number of carbonyl (C=O) groups excluding carboxylic acids is 1. The van der Waals surface area contributed by atoms with Gasteiger partial charge in [-0.05, 0) is 12.2 Å². The van der Waals surface area contributed by atoms with E-state index in [1.807, 2.05) is 0 Å². The van der Waals surface area contributed by atoms with Gasteiger partial charge < -0.3 is 15.4 Å². The van der Waals surface area contributed by atoms with Crippen LogP contribution >= 0.6 is 24.2 Å². The molecule has 0 aromatic carbocycles. The van der Waals surface area contributed by atoms with Crippen LogP contribution in [0.3, 0.4) is 0 Å². The molecule has 0 bridgehead atoms. The van der Waals surface area contributed by atoms with Crippen molar-refractivity contribution in [1.29, 1.82) is 0 Å². The molecule has 98 valence electrons. The van der Waals surface area contributed by atoms with Crippen LogP contribution in [0.2, 0.25) is 0 Å². The normalized spacial score (nSPS) is 9.62. The van der Waals surface area contributed by atoms with E-state index in [2.05, 4.69) is 17.6 Å². The van der Waals surface area contributed by atoms with Crippen LogP contribution in [-0.4, -0.2) is 50.8 Å². The first-order valence-electron chi connectivity index (χ1n) is 5.35. The lowest BCUT2D eigenvalue weighted by Gasteiger charge is -2.06. The summed E-state index contributed by atoms with van der Waals surface area (Å²) in [6.45, 7) is 5.14. The van der Waals surface area contributed by atoms with Crippen LogP contribution in [0.4, 0.5) is 0 Å². The summed E-state index contributed by atoms with van der Waals surface area (Å²) in [6, 6.07) is 0. The van der Waals surface area contributed by atoms with Crippen LogP contribution in [0.15, 0.2) is 0 Å². The maximum absolute atomic E-state index is 11.2. The first-order valence-corrected chi connectivity index (χ1v) is 6.50. The fourth-order valence-corrected chi connectivity index (χ4v) is 1.67. The Morgan fingerprint density at radius 2 is 2.06 bits per heavy atom. The number of hydrogen-bond acceptors (Lipinski definition) is 4. The molecule has 0 unspecified atom stereocenters. The lowest BCUT2D eigenvalue weighted by Crippen LogP contribution is -2.34. The first-order chi connectivity index (χ1) is 7.31. The molecule has 0 aromatic heterocycles. The number of halogens is 1. The van der Waals surface area contributed by atoms with Crippen LogP contribution in [0.1, 0.15) is 13.3 Å². The number of rotatable bonds is 10. The van der Waals surface area contributed by atoms with Crippen molar-refractivity contribution in [2.75, 3.05) is 44.9 Å². The molecule has 0 aliphatic carbocycles. The Morgan fingerprint density at radius 1 is 1.31 bits per heavy atom. The van der Waals surface area contributed by atoms with Crippen molar-refractivity contribution in [1.82, 2.24) is 10.6 Å². The lowest BCUT2D eigenvalue weighted by molar-refractivity contribution is -0.118. The highest BCUT2D eigenvalue weighted by Crippen LogP contribution is 2.00. The number of amides is 1. The summed E-state index contributed by atoms with van der Waals surface area (Å²) < 4.78 is 4.88. The highest BCUT2D eigenvalue weighted by atomic mass is 35.5. The van der Waals surface area contributed by atoms with E-state index in [0.29, 0.717) is 18.9 Å². The number of carbonyl (C=O) groups is 1. The first kappa shape index (κ1) is 18.4. The van der Waals surface area contributed by atoms with Crippen LogP contribution in [-0.2, 0) is 9.53 Å². The number of nitrogens with one attached hydrogen (secondary N) is 2. The molecule has 0 spiro atoms. The van der Waals surface area contributed by atoms with Gasteiger partial charge in [0.2, 0.25) is 5.91 Å². The van der Waals surface area contributed by atoms with E-state index < -0.39 is 0 Å². The molecule has 1 amide bonds. The Hall–Kier alpha value is 0.0300. The summed E-state index contributed by atoms with van der Waals surface area (Å²) in [4.78, 5) is 11.2. The van der Waals surface area contributed by atoms with Crippen molar-refractivity contribution in [3.8, 4) is 0 Å². The lowest BCUT2D eigenvalue weighted by atomic mass is 10.5. The fraction of sp³-hybridized carbons (Fsp3) is 0.900. The van der Waals surface area contributed by atoms with E-state index in [9.17, 15) is 4.79 Å². The van der Waals surface area contributed by atoms with E-state index in [4.69, 9.17) is 4.74 Å². The zero-order valence-electron chi connectivity index (χ0n) is 10.1. The van der Waals surface area contributed by atoms with Gasteiger partial charge in [0, 0.05) is 26.7 Å². The molecular weight excluding hydrogens is 248 g/mol. The van der Waals surface area contributed by atoms with Gasteiger partial charge in [0.1, 0.15) is 0 Å². The molecule has 0 aliphatic heterocycles. The van der Waals surface area contributed by atoms with E-state index in [0.717, 1.165) is 25.3 Å². The summed E-state index contributed by atoms with van der Waals surface area (Å²) >= 11 is 1.68. The SMILES string of the molecule is CCCSCC(=O)NCCNCCOC.Cl. The average molecular weight is 271 g/mol. The van der Waals surface area contributed by atoms with Crippen LogP contribution < -0.4 is 10.6 Å². The van der Waals surface area contributed by atoms with E-state index in [1.165, 1.54) is 0 Å². The minimum Gasteiger partial charge on any atom is -0.383 e. The second kappa shape index (κ2) is 15.0. The minimum atomic E-state index is 0. The number of thioether (sulfide) groups is 1. The summed E-state index contributed by atoms with van der Waals surface area (Å²) in [5, 5.41) is 6.02. The average Bonchev–Trinajstić information content (AvgIpc) is 2.23. The van der Waals surface area contributed by atoms with Gasteiger partial charge in [-0.2, -0.15) is 11.8 Å². The van der Waals surface area contributed by atoms with Crippen LogP contribution in [0.25, 0.3) is 0 Å². The highest BCUT2D eigenvalue weighted by Gasteiger charge is 1.98. The molecule has 0 atom stereocenters. The Kier molecular flexibility index (Phi) is 17.3. The Balaban J connectivity index is 0. The molecule has 0 heterocycles. The predicted octanol–water partition coefficient (Wildman–Crippen LogP) is 0.904. The Bertz CT molecular complexity index is 162. The molecule has 4 nitrogen and oxygen atoms in total. The standard InChI is InChI=1S/C10H22N2O2S.ClH/c1-3-8-15-9-10(13)12-5-4-11-6-7-14-2;/h11H,3-9H2,1-2H3,(H,12,13);1H. The Labute approximate surface area is 109 Å². The summed E-state index contributed by atoms with van der Waals surface area (Å²) in [5.74, 6) is 1.76. The van der Waals surface area contributed by atoms with Crippen molar-refractivity contribution < 1.29 is 9.53 Å². The topological polar surface area (TPSA) is 50.4 Å². The monoisotopic (exact) mass is 270 g/mol. The fourth-order valence-electron chi connectivity index (χ4n) is 0.950. The second-order valence-electron chi connectivity index (χ2n) is 3.15. The highest BCUT2D eigenvalue weighted by molar-refractivity contribution is 7.99. The van der Waals surface area contributed by atoms with Crippen molar-refractivity contribution in [3.63, 3.8) is 0 Å². The predicted molar refractivity (Wildman–Crippen MR) is 72.6 cm³/mol. The van der Waals surface area contributed by atoms with E-state index in [-0.39, 0.29) is 18.3 Å². The molecule has 0 aliphatic rings. The molecule has 0 saturated heterocycles. The Morgan fingerprint density at radius 3 is 2.69 bits per heavy atom. The quantitative estimate of drug-likeness (QED) is 0.580. The third kappa shape index (κ3) is 14.0. The third-order valence-corrected chi connectivity index (χ3v) is 2.85. The molecule has 0 aromatic rings. The smallest absolute Gasteiger partial charge is 0.230 e. The molecule has 0 rings (SSSR count). The van der Waals surface area contributed by atoms with Gasteiger partial charge in [0.05, 0.1) is 12.4 Å². The molecule has 16 heavy (non-hydrogen) atoms. The number of methoxy groups -OCH3 is 1. The molecule has 2 N–H and O–H groups in total. The summed E-state index contributed by atoms with van der Waals surface area (Å²) in [6.07, 6.45) is 1.12. The zero-order valence-corrected chi connectivity index (χ0v) is 11.7. The number of hydrogen-bond donors (Lipinski definition) is 2. The molecule has 6 heteroatoms. The van der Waals surface area contributed by atoms with Crippen molar-refractivity contribution in [3.05, 3.63) is 0 Å². The molecule has 0 saturated carbocycles. The van der Waals surface area contributed by atoms with Crippen molar-refractivity contribution in [2.24, 2.45) is 0 Å². The van der Waals surface area contributed by atoms with Crippen LogP contribution in [0, 0.1) is 0 Å². The van der Waals surface area contributed by atoms with Crippen molar-refractivity contribution >= 4 is 30.1 Å². The summed E-state index contributed by atoms with van der Waals surface area (Å²) in [7, 11) is 1.68. The van der Waals surface area contributed by atoms with Gasteiger partial charge in [0.15, 0.2) is 0 Å². The second-order valence-corrected chi connectivity index (χ2v) is 4.25. The largest absolute Gasteiger partial charge is 0.383 e. The van der Waals surface area contributed by atoms with Crippen molar-refractivity contribution in [2.45, 2.75) is 13.3 Å². The van der Waals surface area contributed by atoms with Gasteiger partial charge in [-0.3, -0.25) is 4.79 Å². The summed E-state index contributed by atoms with van der Waals surface area (Å²) in [5.41, 5.74) is 0. The van der Waals surface area contributed by atoms with Crippen LogP contribution in [0.5, 0.6) is 0 Å². The van der Waals surface area contributed by atoms with Gasteiger partial charge in [-0.15, -0.1) is 12.4 Å². The third-order valence-electron chi connectivity index (χ3n) is 1.69. The number of ether oxygens (including phenoxy) is 1. The molecule has 0 fully saturated rings. The zero-order chi connectivity index (χ0) is 11.4. The molecule has 0 radical (unpaired) electrons. The van der Waals surface area contributed by atoms with Gasteiger partial charge >= 0.3 is 0 Å². The van der Waals surface area contributed by atoms with Gasteiger partial charge in [-0.25, -0.2) is 0 Å².